The van der Waals surface area contributed by atoms with E-state index in [9.17, 15) is 9.59 Å². The molecule has 0 amide bonds. The van der Waals surface area contributed by atoms with Crippen LogP contribution in [-0.2, 0) is 4.79 Å². The quantitative estimate of drug-likeness (QED) is 0.872. The number of rotatable bonds is 5. The maximum absolute atomic E-state index is 11.0. The van der Waals surface area contributed by atoms with Crippen molar-refractivity contribution in [3.05, 3.63) is 28.2 Å². The first-order valence-corrected chi connectivity index (χ1v) is 5.92. The molecule has 18 heavy (non-hydrogen) atoms. The van der Waals surface area contributed by atoms with E-state index < -0.39 is 17.4 Å². The minimum atomic E-state index is -1.13. The van der Waals surface area contributed by atoms with Crippen molar-refractivity contribution in [3.63, 3.8) is 0 Å². The van der Waals surface area contributed by atoms with Crippen LogP contribution in [0.1, 0.15) is 24.2 Å². The standard InChI is InChI=1S/C12H13BrO5/c1-12(2,11(16)17)6-18-9-4-3-7(13)5-8(9)10(14)15/h3-5H,6H2,1-2H3,(H,14,15)(H,16,17). The first kappa shape index (κ1) is 14.5. The molecule has 0 unspecified atom stereocenters. The fourth-order valence-electron chi connectivity index (χ4n) is 1.12. The second-order valence-corrected chi connectivity index (χ2v) is 5.34. The van der Waals surface area contributed by atoms with Gasteiger partial charge in [0, 0.05) is 4.47 Å². The monoisotopic (exact) mass is 316 g/mol. The molecule has 0 aliphatic heterocycles. The van der Waals surface area contributed by atoms with Crippen molar-refractivity contribution in [1.82, 2.24) is 0 Å². The van der Waals surface area contributed by atoms with Gasteiger partial charge in [0.05, 0.1) is 5.41 Å². The predicted molar refractivity (Wildman–Crippen MR) is 68.0 cm³/mol. The predicted octanol–water partition coefficient (Wildman–Crippen LogP) is 2.64. The molecule has 1 aromatic carbocycles. The van der Waals surface area contributed by atoms with Crippen LogP contribution in [-0.4, -0.2) is 28.8 Å². The van der Waals surface area contributed by atoms with Crippen molar-refractivity contribution >= 4 is 27.9 Å². The Morgan fingerprint density at radius 2 is 1.94 bits per heavy atom. The van der Waals surface area contributed by atoms with Crippen LogP contribution in [0.5, 0.6) is 5.75 Å². The van der Waals surface area contributed by atoms with Crippen LogP contribution in [0.25, 0.3) is 0 Å². The SMILES string of the molecule is CC(C)(COc1ccc(Br)cc1C(=O)O)C(=O)O. The first-order valence-electron chi connectivity index (χ1n) is 5.13. The van der Waals surface area contributed by atoms with E-state index in [1.54, 1.807) is 6.07 Å². The van der Waals surface area contributed by atoms with Crippen LogP contribution in [0.3, 0.4) is 0 Å². The van der Waals surface area contributed by atoms with Crippen LogP contribution in [0, 0.1) is 5.41 Å². The molecular formula is C12H13BrO5. The minimum Gasteiger partial charge on any atom is -0.492 e. The number of ether oxygens (including phenoxy) is 1. The topological polar surface area (TPSA) is 83.8 Å². The molecule has 0 saturated carbocycles. The average molecular weight is 317 g/mol. The van der Waals surface area contributed by atoms with Gasteiger partial charge in [0.25, 0.3) is 0 Å². The number of carboxylic acids is 2. The van der Waals surface area contributed by atoms with Gasteiger partial charge in [-0.1, -0.05) is 15.9 Å². The van der Waals surface area contributed by atoms with E-state index in [2.05, 4.69) is 15.9 Å². The summed E-state index contributed by atoms with van der Waals surface area (Å²) in [7, 11) is 0. The fourth-order valence-corrected chi connectivity index (χ4v) is 1.48. The van der Waals surface area contributed by atoms with Gasteiger partial charge in [0.15, 0.2) is 0 Å². The number of carbonyl (C=O) groups is 2. The van der Waals surface area contributed by atoms with Gasteiger partial charge in [-0.05, 0) is 32.0 Å². The van der Waals surface area contributed by atoms with E-state index in [0.717, 1.165) is 0 Å². The zero-order valence-corrected chi connectivity index (χ0v) is 11.5. The van der Waals surface area contributed by atoms with E-state index in [-0.39, 0.29) is 17.9 Å². The summed E-state index contributed by atoms with van der Waals surface area (Å²) in [5.41, 5.74) is -1.09. The third kappa shape index (κ3) is 3.46. The molecule has 0 spiro atoms. The molecule has 2 N–H and O–H groups in total. The lowest BCUT2D eigenvalue weighted by Gasteiger charge is -2.20. The molecule has 6 heteroatoms. The largest absolute Gasteiger partial charge is 0.492 e. The Morgan fingerprint density at radius 3 is 2.44 bits per heavy atom. The lowest BCUT2D eigenvalue weighted by atomic mass is 9.95. The summed E-state index contributed by atoms with van der Waals surface area (Å²) in [5, 5.41) is 17.9. The summed E-state index contributed by atoms with van der Waals surface area (Å²) < 4.78 is 5.91. The van der Waals surface area contributed by atoms with E-state index in [4.69, 9.17) is 14.9 Å². The molecule has 0 fully saturated rings. The Balaban J connectivity index is 2.92. The third-order valence-corrected chi connectivity index (χ3v) is 2.83. The molecular weight excluding hydrogens is 304 g/mol. The van der Waals surface area contributed by atoms with Gasteiger partial charge in [-0.3, -0.25) is 4.79 Å². The fraction of sp³-hybridized carbons (Fsp3) is 0.333. The summed E-state index contributed by atoms with van der Waals surface area (Å²) >= 11 is 3.17. The van der Waals surface area contributed by atoms with Gasteiger partial charge in [0.1, 0.15) is 17.9 Å². The van der Waals surface area contributed by atoms with Crippen LogP contribution >= 0.6 is 15.9 Å². The molecule has 1 rings (SSSR count). The Bertz CT molecular complexity index is 481. The molecule has 0 saturated heterocycles. The van der Waals surface area contributed by atoms with Crippen LogP contribution < -0.4 is 4.74 Å². The normalized spacial score (nSPS) is 11.1. The van der Waals surface area contributed by atoms with E-state index in [0.29, 0.717) is 4.47 Å². The Kier molecular flexibility index (Phi) is 4.34. The van der Waals surface area contributed by atoms with E-state index in [1.807, 2.05) is 0 Å². The second-order valence-electron chi connectivity index (χ2n) is 4.42. The number of aliphatic carboxylic acids is 1. The lowest BCUT2D eigenvalue weighted by Crippen LogP contribution is -2.31. The molecule has 0 atom stereocenters. The molecule has 0 aliphatic rings. The zero-order valence-electron chi connectivity index (χ0n) is 9.94. The maximum atomic E-state index is 11.0. The lowest BCUT2D eigenvalue weighted by molar-refractivity contribution is -0.148. The maximum Gasteiger partial charge on any atom is 0.339 e. The van der Waals surface area contributed by atoms with Crippen LogP contribution in [0.2, 0.25) is 0 Å². The van der Waals surface area contributed by atoms with Crippen molar-refractivity contribution in [3.8, 4) is 5.75 Å². The summed E-state index contributed by atoms with van der Waals surface area (Å²) in [6.07, 6.45) is 0. The highest BCUT2D eigenvalue weighted by Gasteiger charge is 2.28. The van der Waals surface area contributed by atoms with Gasteiger partial charge in [-0.2, -0.15) is 0 Å². The highest BCUT2D eigenvalue weighted by molar-refractivity contribution is 9.10. The van der Waals surface area contributed by atoms with Gasteiger partial charge in [-0.15, -0.1) is 0 Å². The highest BCUT2D eigenvalue weighted by atomic mass is 79.9. The molecule has 1 aromatic rings. The Labute approximate surface area is 113 Å². The van der Waals surface area contributed by atoms with Gasteiger partial charge in [0.2, 0.25) is 0 Å². The molecule has 0 aromatic heterocycles. The summed E-state index contributed by atoms with van der Waals surface area (Å²) in [5.74, 6) is -1.98. The van der Waals surface area contributed by atoms with Crippen LogP contribution in [0.15, 0.2) is 22.7 Å². The number of halogens is 1. The summed E-state index contributed by atoms with van der Waals surface area (Å²) in [6.45, 7) is 2.91. The van der Waals surface area contributed by atoms with Crippen LogP contribution in [0.4, 0.5) is 0 Å². The first-order chi connectivity index (χ1) is 8.24. The highest BCUT2D eigenvalue weighted by Crippen LogP contribution is 2.25. The summed E-state index contributed by atoms with van der Waals surface area (Å²) in [4.78, 5) is 21.9. The van der Waals surface area contributed by atoms with Crippen molar-refractivity contribution in [1.29, 1.82) is 0 Å². The number of benzene rings is 1. The van der Waals surface area contributed by atoms with Gasteiger partial charge < -0.3 is 14.9 Å². The summed E-state index contributed by atoms with van der Waals surface area (Å²) in [6, 6.07) is 4.53. The molecule has 0 aliphatic carbocycles. The van der Waals surface area contributed by atoms with Crippen molar-refractivity contribution in [2.24, 2.45) is 5.41 Å². The smallest absolute Gasteiger partial charge is 0.339 e. The zero-order chi connectivity index (χ0) is 13.9. The minimum absolute atomic E-state index is 0.00874. The molecule has 0 bridgehead atoms. The van der Waals surface area contributed by atoms with Gasteiger partial charge in [-0.25, -0.2) is 4.79 Å². The second kappa shape index (κ2) is 5.39. The van der Waals surface area contributed by atoms with E-state index in [1.165, 1.54) is 26.0 Å². The number of carboxylic acid groups (broad SMARTS) is 2. The molecule has 5 nitrogen and oxygen atoms in total. The number of hydrogen-bond acceptors (Lipinski definition) is 3. The van der Waals surface area contributed by atoms with Gasteiger partial charge >= 0.3 is 11.9 Å². The van der Waals surface area contributed by atoms with Crippen molar-refractivity contribution < 1.29 is 24.5 Å². The van der Waals surface area contributed by atoms with Crippen molar-refractivity contribution in [2.75, 3.05) is 6.61 Å². The molecule has 98 valence electrons. The molecule has 0 heterocycles. The number of hydrogen-bond donors (Lipinski definition) is 2. The Morgan fingerprint density at radius 1 is 1.33 bits per heavy atom. The Hall–Kier alpha value is -1.56. The third-order valence-electron chi connectivity index (χ3n) is 2.34. The average Bonchev–Trinajstić information content (AvgIpc) is 2.27. The molecule has 0 radical (unpaired) electrons. The van der Waals surface area contributed by atoms with E-state index >= 15 is 0 Å². The van der Waals surface area contributed by atoms with Crippen molar-refractivity contribution in [2.45, 2.75) is 13.8 Å². The number of aromatic carboxylic acids is 1.